The number of likely N-dealkylation sites (tertiary alicyclic amines) is 1. The van der Waals surface area contributed by atoms with Crippen LogP contribution in [-0.2, 0) is 17.9 Å². The van der Waals surface area contributed by atoms with E-state index in [0.717, 1.165) is 30.6 Å². The average Bonchev–Trinajstić information content (AvgIpc) is 3.08. The van der Waals surface area contributed by atoms with E-state index in [1.54, 1.807) is 6.08 Å². The van der Waals surface area contributed by atoms with Gasteiger partial charge in [0, 0.05) is 6.54 Å². The minimum absolute atomic E-state index is 0.0169. The first-order chi connectivity index (χ1) is 13.7. The van der Waals surface area contributed by atoms with E-state index in [2.05, 4.69) is 43.7 Å². The molecule has 1 amide bonds. The molecular formula is C21H29N5OS. The molecule has 0 spiro atoms. The fraction of sp³-hybridized carbons (Fsp3) is 0.476. The first-order valence-electron chi connectivity index (χ1n) is 9.91. The molecule has 1 unspecified atom stereocenters. The first kappa shape index (κ1) is 20.6. The lowest BCUT2D eigenvalue weighted by atomic mass is 10.1. The quantitative estimate of drug-likeness (QED) is 0.519. The van der Waals surface area contributed by atoms with Gasteiger partial charge in [0.15, 0.2) is 5.16 Å². The Balaban J connectivity index is 1.77. The molecule has 1 aromatic carbocycles. The predicted molar refractivity (Wildman–Crippen MR) is 113 cm³/mol. The van der Waals surface area contributed by atoms with Crippen molar-refractivity contribution < 1.29 is 4.79 Å². The Morgan fingerprint density at radius 2 is 1.96 bits per heavy atom. The van der Waals surface area contributed by atoms with Gasteiger partial charge in [-0.25, -0.2) is 0 Å². The second-order valence-electron chi connectivity index (χ2n) is 7.10. The van der Waals surface area contributed by atoms with Gasteiger partial charge in [0.1, 0.15) is 5.82 Å². The second-order valence-corrected chi connectivity index (χ2v) is 8.41. The molecule has 1 saturated heterocycles. The van der Waals surface area contributed by atoms with E-state index in [0.29, 0.717) is 13.1 Å². The summed E-state index contributed by atoms with van der Waals surface area (Å²) in [7, 11) is 0. The van der Waals surface area contributed by atoms with E-state index in [1.165, 1.54) is 36.6 Å². The molecule has 6 nitrogen and oxygen atoms in total. The van der Waals surface area contributed by atoms with Gasteiger partial charge in [-0.05, 0) is 38.4 Å². The van der Waals surface area contributed by atoms with Crippen LogP contribution in [0.4, 0.5) is 0 Å². The number of amides is 1. The van der Waals surface area contributed by atoms with Crippen molar-refractivity contribution in [2.75, 3.05) is 19.6 Å². The van der Waals surface area contributed by atoms with Crippen LogP contribution in [0.5, 0.6) is 0 Å². The molecule has 1 aliphatic rings. The third-order valence-corrected chi connectivity index (χ3v) is 5.94. The van der Waals surface area contributed by atoms with E-state index in [1.807, 2.05) is 25.1 Å². The molecule has 1 N–H and O–H groups in total. The second kappa shape index (κ2) is 10.4. The van der Waals surface area contributed by atoms with Crippen LogP contribution >= 0.6 is 11.8 Å². The zero-order valence-corrected chi connectivity index (χ0v) is 17.3. The third-order valence-electron chi connectivity index (χ3n) is 4.86. The maximum Gasteiger partial charge on any atom is 0.233 e. The Labute approximate surface area is 171 Å². The van der Waals surface area contributed by atoms with Crippen molar-refractivity contribution in [3.05, 3.63) is 54.4 Å². The summed E-state index contributed by atoms with van der Waals surface area (Å²) in [4.78, 5) is 14.7. The first-order valence-corrected chi connectivity index (χ1v) is 10.8. The Kier molecular flexibility index (Phi) is 7.68. The van der Waals surface area contributed by atoms with Crippen LogP contribution in [-0.4, -0.2) is 50.5 Å². The highest BCUT2D eigenvalue weighted by Crippen LogP contribution is 2.24. The maximum atomic E-state index is 12.3. The molecule has 150 valence electrons. The zero-order chi connectivity index (χ0) is 19.8. The van der Waals surface area contributed by atoms with Crippen LogP contribution in [0.15, 0.2) is 48.1 Å². The van der Waals surface area contributed by atoms with Crippen molar-refractivity contribution in [3.8, 4) is 0 Å². The normalized spacial score (nSPS) is 15.9. The van der Waals surface area contributed by atoms with E-state index in [9.17, 15) is 4.79 Å². The predicted octanol–water partition coefficient (Wildman–Crippen LogP) is 3.10. The number of nitrogens with zero attached hydrogens (tertiary/aromatic N) is 4. The van der Waals surface area contributed by atoms with E-state index in [4.69, 9.17) is 0 Å². The molecule has 2 heterocycles. The summed E-state index contributed by atoms with van der Waals surface area (Å²) in [5, 5.41) is 12.3. The molecule has 7 heteroatoms. The molecular weight excluding hydrogens is 370 g/mol. The Bertz CT molecular complexity index is 770. The number of hydrogen-bond donors (Lipinski definition) is 1. The molecule has 1 aromatic heterocycles. The Hall–Kier alpha value is -2.12. The summed E-state index contributed by atoms with van der Waals surface area (Å²) in [6, 6.07) is 10.3. The number of hydrogen-bond acceptors (Lipinski definition) is 5. The fourth-order valence-electron chi connectivity index (χ4n) is 3.29. The number of nitrogens with one attached hydrogen (secondary N) is 1. The summed E-state index contributed by atoms with van der Waals surface area (Å²) in [5.41, 5.74) is 1.20. The average molecular weight is 400 g/mol. The maximum absolute atomic E-state index is 12.3. The summed E-state index contributed by atoms with van der Waals surface area (Å²) in [6.45, 7) is 9.75. The van der Waals surface area contributed by atoms with Crippen molar-refractivity contribution in [1.29, 1.82) is 0 Å². The van der Waals surface area contributed by atoms with Crippen molar-refractivity contribution >= 4 is 17.7 Å². The molecule has 0 radical (unpaired) electrons. The van der Waals surface area contributed by atoms with Crippen LogP contribution in [0.3, 0.4) is 0 Å². The number of piperidine rings is 1. The minimum atomic E-state index is -0.249. The van der Waals surface area contributed by atoms with Crippen molar-refractivity contribution in [3.63, 3.8) is 0 Å². The van der Waals surface area contributed by atoms with Gasteiger partial charge < -0.3 is 9.88 Å². The highest BCUT2D eigenvalue weighted by atomic mass is 32.2. The lowest BCUT2D eigenvalue weighted by Crippen LogP contribution is -2.31. The smallest absolute Gasteiger partial charge is 0.233 e. The van der Waals surface area contributed by atoms with Crippen LogP contribution in [0.25, 0.3) is 0 Å². The SMILES string of the molecule is C=CCNC(=O)C(C)Sc1nnc(CN2CCCCC2)n1Cc1ccccc1. The lowest BCUT2D eigenvalue weighted by Gasteiger charge is -2.26. The van der Waals surface area contributed by atoms with Gasteiger partial charge >= 0.3 is 0 Å². The summed E-state index contributed by atoms with van der Waals surface area (Å²) < 4.78 is 2.16. The van der Waals surface area contributed by atoms with Gasteiger partial charge in [-0.1, -0.05) is 54.6 Å². The van der Waals surface area contributed by atoms with Crippen molar-refractivity contribution in [2.24, 2.45) is 0 Å². The molecule has 1 atom stereocenters. The van der Waals surface area contributed by atoms with Gasteiger partial charge in [-0.2, -0.15) is 0 Å². The number of carbonyl (C=O) groups excluding carboxylic acids is 1. The fourth-order valence-corrected chi connectivity index (χ4v) is 4.19. The minimum Gasteiger partial charge on any atom is -0.352 e. The van der Waals surface area contributed by atoms with Crippen LogP contribution in [0.1, 0.15) is 37.6 Å². The van der Waals surface area contributed by atoms with E-state index >= 15 is 0 Å². The van der Waals surface area contributed by atoms with Gasteiger partial charge in [0.05, 0.1) is 18.3 Å². The zero-order valence-electron chi connectivity index (χ0n) is 16.5. The summed E-state index contributed by atoms with van der Waals surface area (Å²) in [6.07, 6.45) is 5.49. The van der Waals surface area contributed by atoms with Crippen molar-refractivity contribution in [1.82, 2.24) is 25.0 Å². The van der Waals surface area contributed by atoms with Gasteiger partial charge in [0.2, 0.25) is 5.91 Å². The standard InChI is InChI=1S/C21H29N5OS/c1-3-12-22-20(27)17(2)28-21-24-23-19(16-25-13-8-5-9-14-25)26(21)15-18-10-6-4-7-11-18/h3-4,6-7,10-11,17H,1,5,8-9,12-16H2,2H3,(H,22,27). The van der Waals surface area contributed by atoms with Crippen LogP contribution < -0.4 is 5.32 Å². The largest absolute Gasteiger partial charge is 0.352 e. The Morgan fingerprint density at radius 1 is 1.21 bits per heavy atom. The molecule has 28 heavy (non-hydrogen) atoms. The topological polar surface area (TPSA) is 63.1 Å². The summed E-state index contributed by atoms with van der Waals surface area (Å²) in [5.74, 6) is 0.948. The lowest BCUT2D eigenvalue weighted by molar-refractivity contribution is -0.120. The highest BCUT2D eigenvalue weighted by molar-refractivity contribution is 8.00. The molecule has 0 aliphatic carbocycles. The van der Waals surface area contributed by atoms with Gasteiger partial charge in [-0.15, -0.1) is 16.8 Å². The number of carbonyl (C=O) groups is 1. The molecule has 0 bridgehead atoms. The highest BCUT2D eigenvalue weighted by Gasteiger charge is 2.21. The van der Waals surface area contributed by atoms with Gasteiger partial charge in [0.25, 0.3) is 0 Å². The number of aromatic nitrogens is 3. The van der Waals surface area contributed by atoms with Crippen LogP contribution in [0.2, 0.25) is 0 Å². The Morgan fingerprint density at radius 3 is 2.68 bits per heavy atom. The van der Waals surface area contributed by atoms with Crippen LogP contribution in [0, 0.1) is 0 Å². The molecule has 2 aromatic rings. The monoisotopic (exact) mass is 399 g/mol. The van der Waals surface area contributed by atoms with E-state index < -0.39 is 0 Å². The molecule has 0 saturated carbocycles. The number of rotatable bonds is 9. The van der Waals surface area contributed by atoms with Crippen molar-refractivity contribution in [2.45, 2.75) is 49.7 Å². The summed E-state index contributed by atoms with van der Waals surface area (Å²) >= 11 is 1.46. The molecule has 3 rings (SSSR count). The third kappa shape index (κ3) is 5.69. The number of thioether (sulfide) groups is 1. The molecule has 1 fully saturated rings. The molecule has 1 aliphatic heterocycles. The number of benzene rings is 1. The van der Waals surface area contributed by atoms with Gasteiger partial charge in [-0.3, -0.25) is 9.69 Å². The van der Waals surface area contributed by atoms with E-state index in [-0.39, 0.29) is 11.2 Å².